The number of aromatic hydroxyl groups is 1. The molecule has 2 aromatic rings. The summed E-state index contributed by atoms with van der Waals surface area (Å²) in [6, 6.07) is 6.37. The van der Waals surface area contributed by atoms with Gasteiger partial charge < -0.3 is 10.4 Å². The summed E-state index contributed by atoms with van der Waals surface area (Å²) in [4.78, 5) is 0.962. The number of halogens is 2. The summed E-state index contributed by atoms with van der Waals surface area (Å²) in [7, 11) is 0. The molecule has 1 fully saturated rings. The maximum atomic E-state index is 13.0. The Labute approximate surface area is 131 Å². The Hall–Kier alpha value is -0.980. The fourth-order valence-corrected chi connectivity index (χ4v) is 3.45. The average molecular weight is 359 g/mol. The zero-order valence-corrected chi connectivity index (χ0v) is 13.3. The molecular weight excluding hydrogens is 343 g/mol. The number of piperidine rings is 1. The first-order chi connectivity index (χ1) is 9.25. The summed E-state index contributed by atoms with van der Waals surface area (Å²) < 4.78 is 17.1. The second kappa shape index (κ2) is 6.65. The summed E-state index contributed by atoms with van der Waals surface area (Å²) in [5, 5.41) is 13.3. The number of rotatable bonds is 2. The van der Waals surface area contributed by atoms with Crippen LogP contribution in [0.5, 0.6) is 5.88 Å². The minimum atomic E-state index is -0.249. The summed E-state index contributed by atoms with van der Waals surface area (Å²) >= 11 is 1.29. The molecule has 0 bridgehead atoms. The van der Waals surface area contributed by atoms with E-state index in [4.69, 9.17) is 0 Å². The summed E-state index contributed by atoms with van der Waals surface area (Å²) in [6.45, 7) is 1.92. The lowest BCUT2D eigenvalue weighted by Gasteiger charge is -2.22. The third kappa shape index (κ3) is 3.02. The fourth-order valence-electron chi connectivity index (χ4n) is 2.58. The van der Waals surface area contributed by atoms with E-state index >= 15 is 0 Å². The van der Waals surface area contributed by atoms with Crippen LogP contribution in [0, 0.1) is 5.82 Å². The van der Waals surface area contributed by atoms with Gasteiger partial charge >= 0.3 is 0 Å². The van der Waals surface area contributed by atoms with Crippen molar-refractivity contribution in [2.24, 2.45) is 0 Å². The van der Waals surface area contributed by atoms with Crippen LogP contribution in [0.15, 0.2) is 24.3 Å². The number of benzene rings is 1. The van der Waals surface area contributed by atoms with Gasteiger partial charge in [-0.2, -0.15) is 4.37 Å². The van der Waals surface area contributed by atoms with Gasteiger partial charge in [0, 0.05) is 5.56 Å². The molecule has 1 aliphatic heterocycles. The molecule has 3 rings (SSSR count). The number of nitrogens with one attached hydrogen (secondary N) is 1. The Bertz CT molecular complexity index is 567. The van der Waals surface area contributed by atoms with Crippen LogP contribution in [0.1, 0.15) is 24.3 Å². The van der Waals surface area contributed by atoms with E-state index < -0.39 is 0 Å². The van der Waals surface area contributed by atoms with Gasteiger partial charge in [-0.1, -0.05) is 12.1 Å². The van der Waals surface area contributed by atoms with E-state index in [0.717, 1.165) is 41.9 Å². The molecule has 6 heteroatoms. The maximum absolute atomic E-state index is 13.0. The highest BCUT2D eigenvalue weighted by atomic mass is 79.9. The van der Waals surface area contributed by atoms with Crippen LogP contribution in [0.2, 0.25) is 0 Å². The van der Waals surface area contributed by atoms with Crippen LogP contribution in [-0.2, 0) is 0 Å². The van der Waals surface area contributed by atoms with Gasteiger partial charge in [0.15, 0.2) is 0 Å². The topological polar surface area (TPSA) is 45.2 Å². The lowest BCUT2D eigenvalue weighted by atomic mass is 9.89. The molecule has 0 radical (unpaired) electrons. The van der Waals surface area contributed by atoms with Gasteiger partial charge in [0.2, 0.25) is 5.88 Å². The molecule has 0 amide bonds. The van der Waals surface area contributed by atoms with Crippen molar-refractivity contribution in [3.05, 3.63) is 35.6 Å². The molecule has 1 saturated heterocycles. The Morgan fingerprint density at radius 1 is 1.20 bits per heavy atom. The summed E-state index contributed by atoms with van der Waals surface area (Å²) in [5.41, 5.74) is 1.85. The summed E-state index contributed by atoms with van der Waals surface area (Å²) in [5.74, 6) is 0.220. The summed E-state index contributed by atoms with van der Waals surface area (Å²) in [6.07, 6.45) is 2.00. The van der Waals surface area contributed by atoms with Crippen molar-refractivity contribution in [2.45, 2.75) is 18.8 Å². The molecule has 1 aromatic heterocycles. The van der Waals surface area contributed by atoms with Crippen LogP contribution in [-0.4, -0.2) is 22.6 Å². The highest BCUT2D eigenvalue weighted by Crippen LogP contribution is 2.41. The van der Waals surface area contributed by atoms with Crippen molar-refractivity contribution in [1.82, 2.24) is 9.69 Å². The molecule has 1 aromatic carbocycles. The fraction of sp³-hybridized carbons (Fsp3) is 0.357. The van der Waals surface area contributed by atoms with E-state index in [9.17, 15) is 9.50 Å². The van der Waals surface area contributed by atoms with Crippen molar-refractivity contribution in [2.75, 3.05) is 13.1 Å². The molecule has 0 unspecified atom stereocenters. The standard InChI is InChI=1S/C14H15FN2OS.BrH/c15-11-3-1-10(2-4-11)13-12(14(18)17-19-13)9-5-7-16-8-6-9;/h1-4,9,16H,5-8H2,(H,17,18);1H. The van der Waals surface area contributed by atoms with Crippen LogP contribution >= 0.6 is 28.5 Å². The lowest BCUT2D eigenvalue weighted by Crippen LogP contribution is -2.26. The lowest BCUT2D eigenvalue weighted by molar-refractivity contribution is 0.418. The Morgan fingerprint density at radius 2 is 1.85 bits per heavy atom. The number of nitrogens with zero attached hydrogens (tertiary/aromatic N) is 1. The Kier molecular flexibility index (Phi) is 5.12. The number of hydrogen-bond donors (Lipinski definition) is 2. The van der Waals surface area contributed by atoms with Crippen LogP contribution in [0.4, 0.5) is 4.39 Å². The smallest absolute Gasteiger partial charge is 0.226 e. The van der Waals surface area contributed by atoms with Gasteiger partial charge in [0.25, 0.3) is 0 Å². The molecule has 0 saturated carbocycles. The number of aromatic nitrogens is 1. The van der Waals surface area contributed by atoms with Gasteiger partial charge in [0.1, 0.15) is 5.82 Å². The molecule has 0 aliphatic carbocycles. The minimum Gasteiger partial charge on any atom is -0.492 e. The zero-order valence-electron chi connectivity index (χ0n) is 10.8. The largest absolute Gasteiger partial charge is 0.492 e. The molecule has 2 heterocycles. The van der Waals surface area contributed by atoms with Gasteiger partial charge in [-0.3, -0.25) is 0 Å². The predicted octanol–water partition coefficient (Wildman–Crippen LogP) is 3.70. The first-order valence-electron chi connectivity index (χ1n) is 6.41. The second-order valence-corrected chi connectivity index (χ2v) is 5.55. The van der Waals surface area contributed by atoms with Gasteiger partial charge in [0.05, 0.1) is 4.88 Å². The molecule has 0 atom stereocenters. The van der Waals surface area contributed by atoms with Gasteiger partial charge in [-0.25, -0.2) is 4.39 Å². The molecule has 0 spiro atoms. The molecule has 1 aliphatic rings. The van der Waals surface area contributed by atoms with Gasteiger partial charge in [-0.05, 0) is 61.1 Å². The van der Waals surface area contributed by atoms with E-state index in [1.54, 1.807) is 12.1 Å². The maximum Gasteiger partial charge on any atom is 0.226 e. The highest BCUT2D eigenvalue weighted by molar-refractivity contribution is 8.93. The monoisotopic (exact) mass is 358 g/mol. The van der Waals surface area contributed by atoms with Crippen LogP contribution < -0.4 is 5.32 Å². The second-order valence-electron chi connectivity index (χ2n) is 4.78. The SMILES string of the molecule is Br.Oc1nsc(-c2ccc(F)cc2)c1C1CCNCC1. The Morgan fingerprint density at radius 3 is 2.50 bits per heavy atom. The number of hydrogen-bond acceptors (Lipinski definition) is 4. The van der Waals surface area contributed by atoms with E-state index in [-0.39, 0.29) is 28.7 Å². The highest BCUT2D eigenvalue weighted by Gasteiger charge is 2.25. The quantitative estimate of drug-likeness (QED) is 0.860. The first-order valence-corrected chi connectivity index (χ1v) is 7.18. The van der Waals surface area contributed by atoms with Crippen molar-refractivity contribution < 1.29 is 9.50 Å². The van der Waals surface area contributed by atoms with E-state index in [1.165, 1.54) is 23.7 Å². The van der Waals surface area contributed by atoms with Crippen LogP contribution in [0.3, 0.4) is 0 Å². The first kappa shape index (κ1) is 15.4. The van der Waals surface area contributed by atoms with Gasteiger partial charge in [-0.15, -0.1) is 17.0 Å². The third-order valence-corrected chi connectivity index (χ3v) is 4.47. The van der Waals surface area contributed by atoms with Crippen molar-refractivity contribution in [3.8, 4) is 16.3 Å². The molecule has 2 N–H and O–H groups in total. The third-order valence-electron chi connectivity index (χ3n) is 3.56. The average Bonchev–Trinajstić information content (AvgIpc) is 2.82. The minimum absolute atomic E-state index is 0. The molecular formula is C14H16BrFN2OS. The van der Waals surface area contributed by atoms with Crippen molar-refractivity contribution in [3.63, 3.8) is 0 Å². The normalized spacial score (nSPS) is 15.8. The molecule has 20 heavy (non-hydrogen) atoms. The van der Waals surface area contributed by atoms with Crippen molar-refractivity contribution >= 4 is 28.5 Å². The van der Waals surface area contributed by atoms with E-state index in [1.807, 2.05) is 0 Å². The molecule has 3 nitrogen and oxygen atoms in total. The predicted molar refractivity (Wildman–Crippen MR) is 84.3 cm³/mol. The zero-order chi connectivity index (χ0) is 13.2. The van der Waals surface area contributed by atoms with Crippen molar-refractivity contribution in [1.29, 1.82) is 0 Å². The Balaban J connectivity index is 0.00000147. The van der Waals surface area contributed by atoms with E-state index in [0.29, 0.717) is 5.92 Å². The van der Waals surface area contributed by atoms with E-state index in [2.05, 4.69) is 9.69 Å². The molecule has 108 valence electrons. The van der Waals surface area contributed by atoms with Crippen LogP contribution in [0.25, 0.3) is 10.4 Å².